The summed E-state index contributed by atoms with van der Waals surface area (Å²) in [7, 11) is -1.97. The number of rotatable bonds is 6. The second-order valence-electron chi connectivity index (χ2n) is 8.39. The van der Waals surface area contributed by atoms with Gasteiger partial charge in [0.2, 0.25) is 10.0 Å². The van der Waals surface area contributed by atoms with Crippen LogP contribution in [0, 0.1) is 6.92 Å². The summed E-state index contributed by atoms with van der Waals surface area (Å²) < 4.78 is 34.3. The first-order valence-corrected chi connectivity index (χ1v) is 11.6. The lowest BCUT2D eigenvalue weighted by Crippen LogP contribution is -2.41. The molecule has 0 aliphatic rings. The summed E-state index contributed by atoms with van der Waals surface area (Å²) in [5.41, 5.74) is 2.03. The van der Waals surface area contributed by atoms with E-state index in [4.69, 9.17) is 4.42 Å². The largest absolute Gasteiger partial charge is 0.459 e. The first-order chi connectivity index (χ1) is 14.6. The number of aryl methyl sites for hydroxylation is 1. The number of benzene rings is 2. The maximum atomic E-state index is 12.8. The molecule has 7 nitrogen and oxygen atoms in total. The van der Waals surface area contributed by atoms with Gasteiger partial charge in [-0.3, -0.25) is 4.99 Å². The van der Waals surface area contributed by atoms with Crippen molar-refractivity contribution in [3.05, 3.63) is 65.4 Å². The molecule has 31 heavy (non-hydrogen) atoms. The highest BCUT2D eigenvalue weighted by molar-refractivity contribution is 7.89. The molecule has 0 fully saturated rings. The quantitative estimate of drug-likeness (QED) is 0.400. The Bertz CT molecular complexity index is 1190. The topological polar surface area (TPSA) is 95.7 Å². The molecule has 0 bridgehead atoms. The average molecular weight is 443 g/mol. The van der Waals surface area contributed by atoms with Gasteiger partial charge in [-0.15, -0.1) is 0 Å². The molecule has 0 aliphatic carbocycles. The van der Waals surface area contributed by atoms with Crippen molar-refractivity contribution >= 4 is 27.0 Å². The van der Waals surface area contributed by atoms with Crippen molar-refractivity contribution in [2.24, 2.45) is 4.99 Å². The van der Waals surface area contributed by atoms with E-state index in [1.54, 1.807) is 25.2 Å². The number of hydrogen-bond acceptors (Lipinski definition) is 4. The van der Waals surface area contributed by atoms with E-state index in [1.165, 1.54) is 0 Å². The summed E-state index contributed by atoms with van der Waals surface area (Å²) in [5.74, 6) is 1.39. The van der Waals surface area contributed by atoms with Crippen LogP contribution < -0.4 is 15.4 Å². The van der Waals surface area contributed by atoms with Crippen LogP contribution in [-0.4, -0.2) is 27.0 Å². The van der Waals surface area contributed by atoms with Crippen molar-refractivity contribution in [2.75, 3.05) is 7.05 Å². The fraction of sp³-hybridized carbons (Fsp3) is 0.348. The lowest BCUT2D eigenvalue weighted by Gasteiger charge is -2.22. The molecule has 1 aromatic heterocycles. The van der Waals surface area contributed by atoms with Crippen LogP contribution in [0.1, 0.15) is 37.7 Å². The van der Waals surface area contributed by atoms with Gasteiger partial charge >= 0.3 is 0 Å². The molecule has 0 unspecified atom stereocenters. The maximum absolute atomic E-state index is 12.8. The molecule has 0 saturated carbocycles. The molecule has 0 radical (unpaired) electrons. The van der Waals surface area contributed by atoms with Crippen LogP contribution in [0.3, 0.4) is 0 Å². The molecule has 8 heteroatoms. The third kappa shape index (κ3) is 5.65. The van der Waals surface area contributed by atoms with Gasteiger partial charge in [-0.05, 0) is 45.4 Å². The van der Waals surface area contributed by atoms with Crippen LogP contribution >= 0.6 is 0 Å². The van der Waals surface area contributed by atoms with E-state index in [9.17, 15) is 8.42 Å². The number of nitrogens with zero attached hydrogens (tertiary/aromatic N) is 1. The second kappa shape index (κ2) is 9.11. The summed E-state index contributed by atoms with van der Waals surface area (Å²) in [5, 5.41) is 7.51. The summed E-state index contributed by atoms with van der Waals surface area (Å²) in [6.07, 6.45) is 0. The Hall–Kier alpha value is -2.84. The normalized spacial score (nSPS) is 12.9. The molecule has 2 aromatic carbocycles. The molecule has 0 amide bonds. The van der Waals surface area contributed by atoms with E-state index in [-0.39, 0.29) is 4.90 Å². The van der Waals surface area contributed by atoms with E-state index in [2.05, 4.69) is 20.3 Å². The van der Waals surface area contributed by atoms with Crippen molar-refractivity contribution in [1.29, 1.82) is 0 Å². The molecule has 3 aromatic rings. The number of para-hydroxylation sites is 1. The number of aliphatic imine (C=N–C) groups is 1. The SMILES string of the molecule is CN=C(NCc1ccccc1S(=O)(=O)NC(C)(C)C)NCc1oc2ccccc2c1C. The molecule has 3 N–H and O–H groups in total. The van der Waals surface area contributed by atoms with Crippen LogP contribution in [0.2, 0.25) is 0 Å². The molecule has 0 spiro atoms. The summed E-state index contributed by atoms with van der Waals surface area (Å²) in [4.78, 5) is 4.49. The van der Waals surface area contributed by atoms with E-state index in [0.717, 1.165) is 22.3 Å². The van der Waals surface area contributed by atoms with Gasteiger partial charge in [-0.1, -0.05) is 36.4 Å². The minimum atomic E-state index is -3.64. The third-order valence-corrected chi connectivity index (χ3v) is 6.59. The van der Waals surface area contributed by atoms with Crippen LogP contribution in [0.5, 0.6) is 0 Å². The van der Waals surface area contributed by atoms with Crippen LogP contribution in [0.4, 0.5) is 0 Å². The van der Waals surface area contributed by atoms with E-state index in [0.29, 0.717) is 24.6 Å². The van der Waals surface area contributed by atoms with Gasteiger partial charge < -0.3 is 15.1 Å². The number of hydrogen-bond donors (Lipinski definition) is 3. The number of fused-ring (bicyclic) bond motifs is 1. The van der Waals surface area contributed by atoms with E-state index < -0.39 is 15.6 Å². The number of furan rings is 1. The lowest BCUT2D eigenvalue weighted by molar-refractivity contribution is 0.491. The minimum absolute atomic E-state index is 0.251. The summed E-state index contributed by atoms with van der Waals surface area (Å²) >= 11 is 0. The molecule has 0 atom stereocenters. The highest BCUT2D eigenvalue weighted by Gasteiger charge is 2.24. The van der Waals surface area contributed by atoms with Crippen molar-refractivity contribution in [2.45, 2.75) is 51.2 Å². The Morgan fingerprint density at radius 1 is 1.00 bits per heavy atom. The van der Waals surface area contributed by atoms with Gasteiger partial charge in [0, 0.05) is 30.1 Å². The monoisotopic (exact) mass is 442 g/mol. The Labute approximate surface area is 184 Å². The lowest BCUT2D eigenvalue weighted by atomic mass is 10.1. The van der Waals surface area contributed by atoms with Gasteiger partial charge in [0.25, 0.3) is 0 Å². The van der Waals surface area contributed by atoms with E-state index >= 15 is 0 Å². The molecule has 0 aliphatic heterocycles. The summed E-state index contributed by atoms with van der Waals surface area (Å²) in [6, 6.07) is 14.9. The Balaban J connectivity index is 1.69. The zero-order chi connectivity index (χ0) is 22.6. The van der Waals surface area contributed by atoms with Crippen LogP contribution in [0.25, 0.3) is 11.0 Å². The maximum Gasteiger partial charge on any atom is 0.241 e. The van der Waals surface area contributed by atoms with Gasteiger partial charge in [0.1, 0.15) is 11.3 Å². The van der Waals surface area contributed by atoms with Gasteiger partial charge in [0.15, 0.2) is 5.96 Å². The molecular weight excluding hydrogens is 412 g/mol. The minimum Gasteiger partial charge on any atom is -0.459 e. The zero-order valence-electron chi connectivity index (χ0n) is 18.6. The van der Waals surface area contributed by atoms with Gasteiger partial charge in [0.05, 0.1) is 11.4 Å². The highest BCUT2D eigenvalue weighted by Crippen LogP contribution is 2.24. The number of sulfonamides is 1. The van der Waals surface area contributed by atoms with Gasteiger partial charge in [-0.25, -0.2) is 13.1 Å². The highest BCUT2D eigenvalue weighted by atomic mass is 32.2. The Morgan fingerprint density at radius 3 is 2.32 bits per heavy atom. The number of nitrogens with one attached hydrogen (secondary N) is 3. The molecule has 166 valence electrons. The second-order valence-corrected chi connectivity index (χ2v) is 10.0. The molecular formula is C23H30N4O3S. The van der Waals surface area contributed by atoms with Gasteiger partial charge in [-0.2, -0.15) is 0 Å². The van der Waals surface area contributed by atoms with Crippen LogP contribution in [0.15, 0.2) is 62.8 Å². The Kier molecular flexibility index (Phi) is 6.71. The predicted octanol–water partition coefficient (Wildman–Crippen LogP) is 3.68. The van der Waals surface area contributed by atoms with Crippen molar-refractivity contribution < 1.29 is 12.8 Å². The standard InChI is InChI=1S/C23H30N4O3S/c1-16-18-11-7-8-12-19(18)30-20(16)15-26-22(24-5)25-14-17-10-6-9-13-21(17)31(28,29)27-23(2,3)4/h6-13,27H,14-15H2,1-5H3,(H2,24,25,26). The first-order valence-electron chi connectivity index (χ1n) is 10.1. The molecule has 3 rings (SSSR count). The van der Waals surface area contributed by atoms with Crippen LogP contribution in [-0.2, 0) is 23.1 Å². The van der Waals surface area contributed by atoms with Crippen molar-refractivity contribution in [3.8, 4) is 0 Å². The average Bonchev–Trinajstić information content (AvgIpc) is 3.02. The van der Waals surface area contributed by atoms with E-state index in [1.807, 2.05) is 58.0 Å². The summed E-state index contributed by atoms with van der Waals surface area (Å²) in [6.45, 7) is 8.25. The Morgan fingerprint density at radius 2 is 1.65 bits per heavy atom. The van der Waals surface area contributed by atoms with Crippen molar-refractivity contribution in [3.63, 3.8) is 0 Å². The molecule has 1 heterocycles. The number of guanidine groups is 1. The third-order valence-electron chi connectivity index (χ3n) is 4.73. The predicted molar refractivity (Wildman–Crippen MR) is 125 cm³/mol. The zero-order valence-corrected chi connectivity index (χ0v) is 19.4. The fourth-order valence-corrected chi connectivity index (χ4v) is 4.99. The molecule has 0 saturated heterocycles. The van der Waals surface area contributed by atoms with Crippen molar-refractivity contribution in [1.82, 2.24) is 15.4 Å². The fourth-order valence-electron chi connectivity index (χ4n) is 3.33. The smallest absolute Gasteiger partial charge is 0.241 e. The first kappa shape index (κ1) is 22.8.